The number of ether oxygens (including phenoxy) is 1. The van der Waals surface area contributed by atoms with E-state index in [0.717, 1.165) is 25.7 Å². The lowest BCUT2D eigenvalue weighted by Gasteiger charge is -2.49. The predicted molar refractivity (Wildman–Crippen MR) is 81.8 cm³/mol. The molecule has 0 radical (unpaired) electrons. The fourth-order valence-electron chi connectivity index (χ4n) is 4.45. The highest BCUT2D eigenvalue weighted by Gasteiger charge is 2.43. The summed E-state index contributed by atoms with van der Waals surface area (Å²) in [6.45, 7) is 5.34. The number of nitrogens with zero attached hydrogens (tertiary/aromatic N) is 2. The molecule has 3 unspecified atom stereocenters. The Balaban J connectivity index is 1.62. The summed E-state index contributed by atoms with van der Waals surface area (Å²) in [5.74, 6) is 0. The Kier molecular flexibility index (Phi) is 4.65. The van der Waals surface area contributed by atoms with Crippen molar-refractivity contribution in [1.29, 1.82) is 0 Å². The van der Waals surface area contributed by atoms with Crippen LogP contribution in [0.4, 0.5) is 0 Å². The summed E-state index contributed by atoms with van der Waals surface area (Å²) in [6.07, 6.45) is 9.44. The number of piperidine rings is 1. The molecule has 3 atom stereocenters. The van der Waals surface area contributed by atoms with Crippen LogP contribution in [0.2, 0.25) is 0 Å². The van der Waals surface area contributed by atoms with Gasteiger partial charge in [0, 0.05) is 37.8 Å². The van der Waals surface area contributed by atoms with Gasteiger partial charge in [0.1, 0.15) is 0 Å². The maximum atomic E-state index is 6.23. The molecule has 0 saturated carbocycles. The van der Waals surface area contributed by atoms with Crippen LogP contribution < -0.4 is 5.73 Å². The van der Waals surface area contributed by atoms with E-state index >= 15 is 0 Å². The zero-order valence-corrected chi connectivity index (χ0v) is 13.0. The molecule has 0 amide bonds. The Morgan fingerprint density at radius 1 is 1.25 bits per heavy atom. The van der Waals surface area contributed by atoms with Crippen molar-refractivity contribution in [2.45, 2.75) is 62.6 Å². The summed E-state index contributed by atoms with van der Waals surface area (Å²) in [5.41, 5.74) is 6.44. The van der Waals surface area contributed by atoms with Crippen LogP contribution in [0.15, 0.2) is 0 Å². The molecule has 0 aromatic heterocycles. The van der Waals surface area contributed by atoms with Crippen molar-refractivity contribution in [2.75, 3.05) is 39.8 Å². The van der Waals surface area contributed by atoms with E-state index in [1.807, 2.05) is 0 Å². The zero-order valence-electron chi connectivity index (χ0n) is 13.0. The zero-order chi connectivity index (χ0) is 14.0. The molecule has 0 bridgehead atoms. The maximum Gasteiger partial charge on any atom is 0.0702 e. The standard InChI is InChI=1S/C16H31N3O/c1-18(12-15-6-2-3-10-20-15)16(13-17)7-9-19-8-4-5-14(19)11-16/h14-15H,2-13,17H2,1H3. The molecule has 4 nitrogen and oxygen atoms in total. The third-order valence-corrected chi connectivity index (χ3v) is 5.92. The lowest BCUT2D eigenvalue weighted by molar-refractivity contribution is -0.0409. The first-order valence-corrected chi connectivity index (χ1v) is 8.50. The van der Waals surface area contributed by atoms with Gasteiger partial charge in [-0.05, 0) is 58.5 Å². The lowest BCUT2D eigenvalue weighted by Crippen LogP contribution is -2.61. The van der Waals surface area contributed by atoms with Crippen LogP contribution in [0, 0.1) is 0 Å². The van der Waals surface area contributed by atoms with Crippen molar-refractivity contribution < 1.29 is 4.74 Å². The third kappa shape index (κ3) is 2.89. The molecule has 20 heavy (non-hydrogen) atoms. The number of fused-ring (bicyclic) bond motifs is 1. The minimum absolute atomic E-state index is 0.215. The van der Waals surface area contributed by atoms with Gasteiger partial charge < -0.3 is 15.4 Å². The van der Waals surface area contributed by atoms with Crippen molar-refractivity contribution in [1.82, 2.24) is 9.80 Å². The van der Waals surface area contributed by atoms with Gasteiger partial charge in [-0.3, -0.25) is 4.90 Å². The normalized spacial score (nSPS) is 39.1. The lowest BCUT2D eigenvalue weighted by atomic mass is 9.81. The van der Waals surface area contributed by atoms with Gasteiger partial charge in [0.05, 0.1) is 6.10 Å². The topological polar surface area (TPSA) is 41.7 Å². The van der Waals surface area contributed by atoms with Gasteiger partial charge in [0.2, 0.25) is 0 Å². The summed E-state index contributed by atoms with van der Waals surface area (Å²) in [7, 11) is 2.27. The highest BCUT2D eigenvalue weighted by molar-refractivity contribution is 5.01. The van der Waals surface area contributed by atoms with Crippen LogP contribution in [-0.2, 0) is 4.74 Å². The van der Waals surface area contributed by atoms with Crippen LogP contribution in [0.1, 0.15) is 44.9 Å². The van der Waals surface area contributed by atoms with E-state index in [1.165, 1.54) is 58.0 Å². The van der Waals surface area contributed by atoms with E-state index in [1.54, 1.807) is 0 Å². The van der Waals surface area contributed by atoms with Crippen molar-refractivity contribution in [2.24, 2.45) is 5.73 Å². The first-order valence-electron chi connectivity index (χ1n) is 8.50. The molecule has 3 rings (SSSR count). The van der Waals surface area contributed by atoms with Crippen LogP contribution >= 0.6 is 0 Å². The Morgan fingerprint density at radius 2 is 2.15 bits per heavy atom. The molecule has 0 spiro atoms. The molecular formula is C16H31N3O. The van der Waals surface area contributed by atoms with Gasteiger partial charge in [-0.25, -0.2) is 0 Å². The maximum absolute atomic E-state index is 6.23. The Labute approximate surface area is 123 Å². The van der Waals surface area contributed by atoms with Gasteiger partial charge >= 0.3 is 0 Å². The largest absolute Gasteiger partial charge is 0.377 e. The first-order chi connectivity index (χ1) is 9.73. The molecule has 3 aliphatic rings. The molecular weight excluding hydrogens is 250 g/mol. The summed E-state index contributed by atoms with van der Waals surface area (Å²) < 4.78 is 5.92. The number of hydrogen-bond acceptors (Lipinski definition) is 4. The van der Waals surface area contributed by atoms with Crippen LogP contribution in [0.5, 0.6) is 0 Å². The molecule has 116 valence electrons. The summed E-state index contributed by atoms with van der Waals surface area (Å²) >= 11 is 0. The second-order valence-corrected chi connectivity index (χ2v) is 7.08. The minimum Gasteiger partial charge on any atom is -0.377 e. The van der Waals surface area contributed by atoms with Gasteiger partial charge in [-0.1, -0.05) is 0 Å². The molecule has 4 heteroatoms. The molecule has 3 aliphatic heterocycles. The predicted octanol–water partition coefficient (Wildman–Crippen LogP) is 1.44. The third-order valence-electron chi connectivity index (χ3n) is 5.92. The highest BCUT2D eigenvalue weighted by atomic mass is 16.5. The monoisotopic (exact) mass is 281 g/mol. The molecule has 0 aliphatic carbocycles. The van der Waals surface area contributed by atoms with Crippen molar-refractivity contribution in [3.05, 3.63) is 0 Å². The Bertz CT molecular complexity index is 319. The molecule has 3 fully saturated rings. The van der Waals surface area contributed by atoms with E-state index in [0.29, 0.717) is 6.10 Å². The van der Waals surface area contributed by atoms with Crippen LogP contribution in [0.25, 0.3) is 0 Å². The number of likely N-dealkylation sites (N-methyl/N-ethyl adjacent to an activating group) is 1. The summed E-state index contributed by atoms with van der Waals surface area (Å²) in [4.78, 5) is 5.22. The average molecular weight is 281 g/mol. The fraction of sp³-hybridized carbons (Fsp3) is 1.00. The van der Waals surface area contributed by atoms with Gasteiger partial charge in [0.15, 0.2) is 0 Å². The van der Waals surface area contributed by atoms with E-state index in [4.69, 9.17) is 10.5 Å². The molecule has 3 heterocycles. The Morgan fingerprint density at radius 3 is 2.90 bits per heavy atom. The first kappa shape index (κ1) is 14.8. The van der Waals surface area contributed by atoms with E-state index < -0.39 is 0 Å². The average Bonchev–Trinajstić information content (AvgIpc) is 2.95. The Hall–Kier alpha value is -0.160. The molecule has 0 aromatic rings. The van der Waals surface area contributed by atoms with Gasteiger partial charge in [0.25, 0.3) is 0 Å². The van der Waals surface area contributed by atoms with Crippen LogP contribution in [0.3, 0.4) is 0 Å². The molecule has 3 saturated heterocycles. The highest BCUT2D eigenvalue weighted by Crippen LogP contribution is 2.36. The number of nitrogens with two attached hydrogens (primary N) is 1. The summed E-state index contributed by atoms with van der Waals surface area (Å²) in [5, 5.41) is 0. The van der Waals surface area contributed by atoms with E-state index in [9.17, 15) is 0 Å². The van der Waals surface area contributed by atoms with Crippen LogP contribution in [-0.4, -0.2) is 67.3 Å². The van der Waals surface area contributed by atoms with Crippen molar-refractivity contribution in [3.63, 3.8) is 0 Å². The summed E-state index contributed by atoms with van der Waals surface area (Å²) in [6, 6.07) is 0.780. The van der Waals surface area contributed by atoms with Gasteiger partial charge in [-0.15, -0.1) is 0 Å². The second-order valence-electron chi connectivity index (χ2n) is 7.08. The number of rotatable bonds is 4. The molecule has 2 N–H and O–H groups in total. The van der Waals surface area contributed by atoms with E-state index in [2.05, 4.69) is 16.8 Å². The minimum atomic E-state index is 0.215. The SMILES string of the molecule is CN(CC1CCCCO1)C1(CN)CCN2CCCC2C1. The molecule has 0 aromatic carbocycles. The van der Waals surface area contributed by atoms with Crippen molar-refractivity contribution in [3.8, 4) is 0 Å². The number of hydrogen-bond donors (Lipinski definition) is 1. The fourth-order valence-corrected chi connectivity index (χ4v) is 4.45. The second kappa shape index (κ2) is 6.30. The quantitative estimate of drug-likeness (QED) is 0.847. The van der Waals surface area contributed by atoms with Gasteiger partial charge in [-0.2, -0.15) is 0 Å². The van der Waals surface area contributed by atoms with Crippen molar-refractivity contribution >= 4 is 0 Å². The van der Waals surface area contributed by atoms with E-state index in [-0.39, 0.29) is 5.54 Å². The smallest absolute Gasteiger partial charge is 0.0702 e.